The van der Waals surface area contributed by atoms with E-state index in [2.05, 4.69) is 10.9 Å². The summed E-state index contributed by atoms with van der Waals surface area (Å²) in [6.07, 6.45) is -0.0107. The van der Waals surface area contributed by atoms with Gasteiger partial charge < -0.3 is 0 Å². The summed E-state index contributed by atoms with van der Waals surface area (Å²) in [5, 5.41) is 2.61. The zero-order valence-electron chi connectivity index (χ0n) is 10.2. The Morgan fingerprint density at radius 2 is 1.75 bits per heavy atom. The summed E-state index contributed by atoms with van der Waals surface area (Å²) in [7, 11) is 0. The smallest absolute Gasteiger partial charge is 0.273 e. The third kappa shape index (κ3) is 3.72. The van der Waals surface area contributed by atoms with Crippen LogP contribution in [0.25, 0.3) is 0 Å². The second-order valence-corrected chi connectivity index (χ2v) is 5.62. The predicted molar refractivity (Wildman–Crippen MR) is 80.1 cm³/mol. The van der Waals surface area contributed by atoms with Gasteiger partial charge in [0, 0.05) is 10.0 Å². The molecule has 0 bridgehead atoms. The third-order valence-corrected chi connectivity index (χ3v) is 4.04. The van der Waals surface area contributed by atoms with Gasteiger partial charge in [0.2, 0.25) is 5.91 Å². The van der Waals surface area contributed by atoms with Crippen LogP contribution in [0.3, 0.4) is 0 Å². The van der Waals surface area contributed by atoms with Crippen LogP contribution < -0.4 is 10.9 Å². The van der Waals surface area contributed by atoms with E-state index in [1.165, 1.54) is 11.3 Å². The van der Waals surface area contributed by atoms with Gasteiger partial charge in [-0.3, -0.25) is 20.4 Å². The fraction of sp³-hybridized carbons (Fsp3) is 0.0769. The van der Waals surface area contributed by atoms with E-state index >= 15 is 0 Å². The molecule has 0 aliphatic carbocycles. The van der Waals surface area contributed by atoms with Crippen molar-refractivity contribution in [3.05, 3.63) is 56.2 Å². The van der Waals surface area contributed by atoms with Crippen molar-refractivity contribution in [1.82, 2.24) is 10.9 Å². The predicted octanol–water partition coefficient (Wildman–Crippen LogP) is 3.06. The van der Waals surface area contributed by atoms with E-state index in [4.69, 9.17) is 23.2 Å². The molecule has 0 fully saturated rings. The second kappa shape index (κ2) is 6.74. The van der Waals surface area contributed by atoms with Crippen molar-refractivity contribution in [3.8, 4) is 0 Å². The van der Waals surface area contributed by atoms with Crippen molar-refractivity contribution >= 4 is 46.4 Å². The molecule has 1 heterocycles. The van der Waals surface area contributed by atoms with E-state index in [1.54, 1.807) is 35.7 Å². The summed E-state index contributed by atoms with van der Waals surface area (Å²) >= 11 is 13.2. The number of hydrazine groups is 1. The zero-order chi connectivity index (χ0) is 14.5. The highest BCUT2D eigenvalue weighted by molar-refractivity contribution is 7.12. The Bertz CT molecular complexity index is 609. The van der Waals surface area contributed by atoms with E-state index in [0.717, 1.165) is 0 Å². The highest BCUT2D eigenvalue weighted by Gasteiger charge is 2.12. The van der Waals surface area contributed by atoms with Crippen LogP contribution >= 0.6 is 34.5 Å². The number of halogens is 2. The molecule has 0 saturated heterocycles. The van der Waals surface area contributed by atoms with Crippen LogP contribution in [0, 0.1) is 0 Å². The Morgan fingerprint density at radius 1 is 1.05 bits per heavy atom. The van der Waals surface area contributed by atoms with Gasteiger partial charge in [-0.05, 0) is 29.1 Å². The van der Waals surface area contributed by atoms with E-state index in [0.29, 0.717) is 20.5 Å². The molecule has 0 spiro atoms. The third-order valence-electron chi connectivity index (χ3n) is 2.46. The van der Waals surface area contributed by atoms with Gasteiger partial charge in [-0.2, -0.15) is 0 Å². The molecular formula is C13H10Cl2N2O2S. The van der Waals surface area contributed by atoms with E-state index in [-0.39, 0.29) is 12.3 Å². The first-order valence-electron chi connectivity index (χ1n) is 5.63. The Kier molecular flexibility index (Phi) is 5.00. The normalized spacial score (nSPS) is 10.1. The summed E-state index contributed by atoms with van der Waals surface area (Å²) in [5.41, 5.74) is 5.18. The van der Waals surface area contributed by atoms with Crippen molar-refractivity contribution in [1.29, 1.82) is 0 Å². The molecule has 2 aromatic rings. The molecule has 1 aromatic carbocycles. The fourth-order valence-electron chi connectivity index (χ4n) is 1.50. The Labute approximate surface area is 129 Å². The Balaban J connectivity index is 1.92. The zero-order valence-corrected chi connectivity index (χ0v) is 12.5. The number of benzene rings is 1. The van der Waals surface area contributed by atoms with E-state index in [1.807, 2.05) is 0 Å². The molecule has 0 saturated carbocycles. The Morgan fingerprint density at radius 3 is 2.35 bits per heavy atom. The van der Waals surface area contributed by atoms with E-state index in [9.17, 15) is 9.59 Å². The molecule has 2 N–H and O–H groups in total. The van der Waals surface area contributed by atoms with Gasteiger partial charge in [0.1, 0.15) is 0 Å². The van der Waals surface area contributed by atoms with Crippen molar-refractivity contribution in [2.45, 2.75) is 6.42 Å². The number of nitrogens with one attached hydrogen (secondary N) is 2. The van der Waals surface area contributed by atoms with Crippen LogP contribution in [-0.4, -0.2) is 11.8 Å². The monoisotopic (exact) mass is 328 g/mol. The number of hydrogen-bond acceptors (Lipinski definition) is 3. The average molecular weight is 329 g/mol. The summed E-state index contributed by atoms with van der Waals surface area (Å²) in [6.45, 7) is 0. The second-order valence-electron chi connectivity index (χ2n) is 3.86. The lowest BCUT2D eigenvalue weighted by Gasteiger charge is -2.08. The molecule has 0 unspecified atom stereocenters. The molecule has 0 atom stereocenters. The van der Waals surface area contributed by atoms with E-state index < -0.39 is 5.91 Å². The van der Waals surface area contributed by atoms with Gasteiger partial charge in [-0.25, -0.2) is 0 Å². The van der Waals surface area contributed by atoms with Crippen molar-refractivity contribution in [2.75, 3.05) is 0 Å². The SMILES string of the molecule is O=C(Cc1c(Cl)cccc1Cl)NNC(=O)c1cccs1. The minimum absolute atomic E-state index is 0.0107. The average Bonchev–Trinajstić information content (AvgIpc) is 2.94. The molecule has 2 rings (SSSR count). The van der Waals surface area contributed by atoms with Crippen molar-refractivity contribution in [3.63, 3.8) is 0 Å². The number of rotatable bonds is 3. The number of hydrogen-bond donors (Lipinski definition) is 2. The van der Waals surface area contributed by atoms with Crippen molar-refractivity contribution < 1.29 is 9.59 Å². The van der Waals surface area contributed by atoms with Crippen LogP contribution in [0.1, 0.15) is 15.2 Å². The van der Waals surface area contributed by atoms with Crippen LogP contribution in [0.5, 0.6) is 0 Å². The van der Waals surface area contributed by atoms with Gasteiger partial charge in [-0.15, -0.1) is 11.3 Å². The lowest BCUT2D eigenvalue weighted by molar-refractivity contribution is -0.121. The largest absolute Gasteiger partial charge is 0.279 e. The molecule has 7 heteroatoms. The van der Waals surface area contributed by atoms with Crippen LogP contribution in [-0.2, 0) is 11.2 Å². The van der Waals surface area contributed by atoms with Crippen LogP contribution in [0.2, 0.25) is 10.0 Å². The first kappa shape index (κ1) is 14.8. The molecule has 2 amide bonds. The maximum atomic E-state index is 11.8. The standard InChI is InChI=1S/C13H10Cl2N2O2S/c14-9-3-1-4-10(15)8(9)7-12(18)16-17-13(19)11-5-2-6-20-11/h1-6H,7H2,(H,16,18)(H,17,19). The van der Waals surface area contributed by atoms with Gasteiger partial charge in [0.05, 0.1) is 11.3 Å². The number of amides is 2. The molecule has 0 aliphatic rings. The topological polar surface area (TPSA) is 58.2 Å². The van der Waals surface area contributed by atoms with Gasteiger partial charge in [-0.1, -0.05) is 35.3 Å². The van der Waals surface area contributed by atoms with Gasteiger partial charge >= 0.3 is 0 Å². The molecule has 0 aliphatic heterocycles. The summed E-state index contributed by atoms with van der Waals surface area (Å²) in [5.74, 6) is -0.761. The molecular weight excluding hydrogens is 319 g/mol. The summed E-state index contributed by atoms with van der Waals surface area (Å²) in [4.78, 5) is 23.9. The minimum atomic E-state index is -0.398. The first-order chi connectivity index (χ1) is 9.58. The maximum absolute atomic E-state index is 11.8. The number of carbonyl (C=O) groups excluding carboxylic acids is 2. The quantitative estimate of drug-likeness (QED) is 0.851. The number of thiophene rings is 1. The highest BCUT2D eigenvalue weighted by Crippen LogP contribution is 2.24. The first-order valence-corrected chi connectivity index (χ1v) is 7.27. The highest BCUT2D eigenvalue weighted by atomic mass is 35.5. The summed E-state index contributed by atoms with van der Waals surface area (Å²) in [6, 6.07) is 8.42. The summed E-state index contributed by atoms with van der Waals surface area (Å²) < 4.78 is 0. The van der Waals surface area contributed by atoms with Gasteiger partial charge in [0.25, 0.3) is 5.91 Å². The van der Waals surface area contributed by atoms with Gasteiger partial charge in [0.15, 0.2) is 0 Å². The molecule has 20 heavy (non-hydrogen) atoms. The van der Waals surface area contributed by atoms with Crippen molar-refractivity contribution in [2.24, 2.45) is 0 Å². The van der Waals surface area contributed by atoms with Crippen LogP contribution in [0.4, 0.5) is 0 Å². The number of carbonyl (C=O) groups is 2. The minimum Gasteiger partial charge on any atom is -0.273 e. The molecule has 104 valence electrons. The van der Waals surface area contributed by atoms with Crippen LogP contribution in [0.15, 0.2) is 35.7 Å². The lowest BCUT2D eigenvalue weighted by atomic mass is 10.1. The Hall–Kier alpha value is -1.56. The molecule has 4 nitrogen and oxygen atoms in total. The maximum Gasteiger partial charge on any atom is 0.279 e. The fourth-order valence-corrected chi connectivity index (χ4v) is 2.65. The molecule has 1 aromatic heterocycles. The lowest BCUT2D eigenvalue weighted by Crippen LogP contribution is -2.42. The molecule has 0 radical (unpaired) electrons.